The van der Waals surface area contributed by atoms with Crippen LogP contribution in [0.25, 0.3) is 0 Å². The van der Waals surface area contributed by atoms with Crippen molar-refractivity contribution in [2.24, 2.45) is 0 Å². The number of carbonyl (C=O) groups excluding carboxylic acids is 2. The summed E-state index contributed by atoms with van der Waals surface area (Å²) in [6.07, 6.45) is 3.12. The van der Waals surface area contributed by atoms with Crippen molar-refractivity contribution in [3.05, 3.63) is 72.1 Å². The van der Waals surface area contributed by atoms with E-state index in [2.05, 4.69) is 15.3 Å². The van der Waals surface area contributed by atoms with Crippen LogP contribution in [0.2, 0.25) is 0 Å². The standard InChI is InChI=1S/C24H28N6O2/c1-6-30(24(32)18-11-13-22(26-16-18)29(4)5)20-9-7-8-19(14-20)27-23(31)17-10-12-21(25-15-17)28(2)3/h7-16H,6H2,1-5H3,(H,27,31). The van der Waals surface area contributed by atoms with Crippen molar-refractivity contribution in [1.82, 2.24) is 9.97 Å². The maximum absolute atomic E-state index is 13.1. The third kappa shape index (κ3) is 5.21. The van der Waals surface area contributed by atoms with Crippen LogP contribution >= 0.6 is 0 Å². The van der Waals surface area contributed by atoms with E-state index >= 15 is 0 Å². The lowest BCUT2D eigenvalue weighted by Crippen LogP contribution is -2.30. The monoisotopic (exact) mass is 432 g/mol. The fraction of sp³-hybridized carbons (Fsp3) is 0.250. The maximum Gasteiger partial charge on any atom is 0.259 e. The first-order valence-electron chi connectivity index (χ1n) is 10.3. The second kappa shape index (κ2) is 9.91. The van der Waals surface area contributed by atoms with Gasteiger partial charge in [-0.1, -0.05) is 6.07 Å². The molecule has 3 aromatic rings. The van der Waals surface area contributed by atoms with E-state index in [0.29, 0.717) is 29.0 Å². The van der Waals surface area contributed by atoms with Crippen LogP contribution in [0.15, 0.2) is 60.9 Å². The number of aromatic nitrogens is 2. The van der Waals surface area contributed by atoms with Crippen LogP contribution in [0.5, 0.6) is 0 Å². The molecular formula is C24H28N6O2. The van der Waals surface area contributed by atoms with E-state index in [1.54, 1.807) is 47.6 Å². The fourth-order valence-corrected chi connectivity index (χ4v) is 3.12. The zero-order valence-corrected chi connectivity index (χ0v) is 19.0. The molecule has 0 fully saturated rings. The second-order valence-corrected chi connectivity index (χ2v) is 7.65. The Morgan fingerprint density at radius 2 is 1.44 bits per heavy atom. The van der Waals surface area contributed by atoms with Crippen LogP contribution in [0.1, 0.15) is 27.6 Å². The Kier molecular flexibility index (Phi) is 7.04. The maximum atomic E-state index is 13.1. The number of carbonyl (C=O) groups is 2. The van der Waals surface area contributed by atoms with Crippen LogP contribution in [0, 0.1) is 0 Å². The topological polar surface area (TPSA) is 81.7 Å². The first-order valence-corrected chi connectivity index (χ1v) is 10.3. The van der Waals surface area contributed by atoms with E-state index in [1.165, 1.54) is 0 Å². The third-order valence-corrected chi connectivity index (χ3v) is 4.90. The van der Waals surface area contributed by atoms with E-state index in [4.69, 9.17) is 0 Å². The summed E-state index contributed by atoms with van der Waals surface area (Å²) in [5, 5.41) is 2.88. The molecule has 1 N–H and O–H groups in total. The Labute approximate surface area is 188 Å². The molecule has 0 aliphatic heterocycles. The number of pyridine rings is 2. The Hall–Kier alpha value is -3.94. The highest BCUT2D eigenvalue weighted by Crippen LogP contribution is 2.22. The van der Waals surface area contributed by atoms with Gasteiger partial charge in [0.1, 0.15) is 11.6 Å². The minimum absolute atomic E-state index is 0.155. The van der Waals surface area contributed by atoms with Gasteiger partial charge in [0.25, 0.3) is 11.8 Å². The zero-order chi connectivity index (χ0) is 23.3. The molecule has 0 saturated heterocycles. The highest BCUT2D eigenvalue weighted by Gasteiger charge is 2.17. The van der Waals surface area contributed by atoms with E-state index in [1.807, 2.05) is 63.1 Å². The molecule has 2 amide bonds. The number of anilines is 4. The first kappa shape index (κ1) is 22.7. The van der Waals surface area contributed by atoms with Crippen molar-refractivity contribution in [1.29, 1.82) is 0 Å². The molecule has 3 rings (SSSR count). The Morgan fingerprint density at radius 3 is 1.94 bits per heavy atom. The highest BCUT2D eigenvalue weighted by molar-refractivity contribution is 6.07. The molecule has 8 heteroatoms. The van der Waals surface area contributed by atoms with Gasteiger partial charge in [-0.3, -0.25) is 9.59 Å². The number of amides is 2. The zero-order valence-electron chi connectivity index (χ0n) is 19.0. The summed E-state index contributed by atoms with van der Waals surface area (Å²) in [5.74, 6) is 1.13. The first-order chi connectivity index (χ1) is 15.3. The van der Waals surface area contributed by atoms with Gasteiger partial charge in [-0.2, -0.15) is 0 Å². The van der Waals surface area contributed by atoms with Crippen molar-refractivity contribution in [2.75, 3.05) is 54.8 Å². The molecule has 0 radical (unpaired) electrons. The fourth-order valence-electron chi connectivity index (χ4n) is 3.12. The molecule has 166 valence electrons. The van der Waals surface area contributed by atoms with Gasteiger partial charge in [0.2, 0.25) is 0 Å². The van der Waals surface area contributed by atoms with Gasteiger partial charge >= 0.3 is 0 Å². The van der Waals surface area contributed by atoms with E-state index < -0.39 is 0 Å². The van der Waals surface area contributed by atoms with Gasteiger partial charge in [0, 0.05) is 58.5 Å². The van der Waals surface area contributed by atoms with Crippen molar-refractivity contribution in [2.45, 2.75) is 6.92 Å². The highest BCUT2D eigenvalue weighted by atomic mass is 16.2. The molecule has 0 aliphatic rings. The molecule has 0 aliphatic carbocycles. The number of rotatable bonds is 7. The molecule has 0 atom stereocenters. The number of hydrogen-bond acceptors (Lipinski definition) is 6. The Balaban J connectivity index is 1.77. The second-order valence-electron chi connectivity index (χ2n) is 7.65. The lowest BCUT2D eigenvalue weighted by molar-refractivity contribution is 0.0986. The number of benzene rings is 1. The van der Waals surface area contributed by atoms with E-state index in [-0.39, 0.29) is 11.8 Å². The minimum Gasteiger partial charge on any atom is -0.363 e. The third-order valence-electron chi connectivity index (χ3n) is 4.90. The van der Waals surface area contributed by atoms with Crippen LogP contribution < -0.4 is 20.0 Å². The SMILES string of the molecule is CCN(C(=O)c1ccc(N(C)C)nc1)c1cccc(NC(=O)c2ccc(N(C)C)nc2)c1. The normalized spacial score (nSPS) is 10.4. The average Bonchev–Trinajstić information content (AvgIpc) is 2.80. The Bertz CT molecular complexity index is 1080. The molecular weight excluding hydrogens is 404 g/mol. The molecule has 0 unspecified atom stereocenters. The Morgan fingerprint density at radius 1 is 0.844 bits per heavy atom. The summed E-state index contributed by atoms with van der Waals surface area (Å²) in [4.78, 5) is 39.7. The van der Waals surface area contributed by atoms with Crippen molar-refractivity contribution in [3.8, 4) is 0 Å². The molecule has 2 heterocycles. The van der Waals surface area contributed by atoms with Crippen molar-refractivity contribution < 1.29 is 9.59 Å². The lowest BCUT2D eigenvalue weighted by atomic mass is 10.2. The molecule has 2 aromatic heterocycles. The lowest BCUT2D eigenvalue weighted by Gasteiger charge is -2.22. The van der Waals surface area contributed by atoms with Crippen LogP contribution in [0.3, 0.4) is 0 Å². The van der Waals surface area contributed by atoms with Crippen LogP contribution in [-0.4, -0.2) is 56.5 Å². The van der Waals surface area contributed by atoms with Gasteiger partial charge in [-0.15, -0.1) is 0 Å². The van der Waals surface area contributed by atoms with Crippen LogP contribution in [0.4, 0.5) is 23.0 Å². The summed E-state index contributed by atoms with van der Waals surface area (Å²) in [6.45, 7) is 2.38. The molecule has 8 nitrogen and oxygen atoms in total. The van der Waals surface area contributed by atoms with Gasteiger partial charge in [-0.05, 0) is 49.4 Å². The van der Waals surface area contributed by atoms with E-state index in [0.717, 1.165) is 11.6 Å². The van der Waals surface area contributed by atoms with Gasteiger partial charge in [0.15, 0.2) is 0 Å². The molecule has 0 saturated carbocycles. The molecule has 0 bridgehead atoms. The van der Waals surface area contributed by atoms with Gasteiger partial charge in [-0.25, -0.2) is 9.97 Å². The average molecular weight is 433 g/mol. The summed E-state index contributed by atoms with van der Waals surface area (Å²) >= 11 is 0. The number of hydrogen-bond donors (Lipinski definition) is 1. The molecule has 0 spiro atoms. The largest absolute Gasteiger partial charge is 0.363 e. The summed E-state index contributed by atoms with van der Waals surface area (Å²) in [7, 11) is 7.57. The van der Waals surface area contributed by atoms with Gasteiger partial charge < -0.3 is 20.0 Å². The number of nitrogens with zero attached hydrogens (tertiary/aromatic N) is 5. The minimum atomic E-state index is -0.266. The molecule has 32 heavy (non-hydrogen) atoms. The summed E-state index contributed by atoms with van der Waals surface area (Å²) in [6, 6.07) is 14.3. The predicted molar refractivity (Wildman–Crippen MR) is 129 cm³/mol. The summed E-state index contributed by atoms with van der Waals surface area (Å²) < 4.78 is 0. The van der Waals surface area contributed by atoms with E-state index in [9.17, 15) is 9.59 Å². The molecule has 1 aromatic carbocycles. The van der Waals surface area contributed by atoms with Gasteiger partial charge in [0.05, 0.1) is 11.1 Å². The van der Waals surface area contributed by atoms with Crippen molar-refractivity contribution >= 4 is 34.8 Å². The predicted octanol–water partition coefficient (Wildman–Crippen LogP) is 3.53. The van der Waals surface area contributed by atoms with Crippen molar-refractivity contribution in [3.63, 3.8) is 0 Å². The summed E-state index contributed by atoms with van der Waals surface area (Å²) in [5.41, 5.74) is 2.24. The smallest absolute Gasteiger partial charge is 0.259 e. The number of nitrogens with one attached hydrogen (secondary N) is 1. The quantitative estimate of drug-likeness (QED) is 0.615. The van der Waals surface area contributed by atoms with Crippen LogP contribution in [-0.2, 0) is 0 Å².